The van der Waals surface area contributed by atoms with Crippen molar-refractivity contribution >= 4 is 5.82 Å². The van der Waals surface area contributed by atoms with Crippen LogP contribution in [0.1, 0.15) is 32.2 Å². The number of aromatic nitrogens is 2. The molecule has 0 radical (unpaired) electrons. The minimum atomic E-state index is 0.268. The molecule has 1 heterocycles. The first kappa shape index (κ1) is 13.9. The molecule has 0 aliphatic heterocycles. The van der Waals surface area contributed by atoms with E-state index in [1.165, 1.54) is 0 Å². The van der Waals surface area contributed by atoms with Crippen molar-refractivity contribution in [3.63, 3.8) is 0 Å². The molecule has 0 aliphatic carbocycles. The lowest BCUT2D eigenvalue weighted by Gasteiger charge is -2.23. The van der Waals surface area contributed by atoms with E-state index < -0.39 is 0 Å². The van der Waals surface area contributed by atoms with Crippen LogP contribution in [0.25, 0.3) is 0 Å². The number of ether oxygens (including phenoxy) is 1. The third-order valence-corrected chi connectivity index (χ3v) is 2.70. The first-order valence-corrected chi connectivity index (χ1v) is 6.19. The fourth-order valence-electron chi connectivity index (χ4n) is 1.50. The van der Waals surface area contributed by atoms with Crippen molar-refractivity contribution in [3.05, 3.63) is 17.6 Å². The van der Waals surface area contributed by atoms with Crippen molar-refractivity contribution < 1.29 is 4.74 Å². The van der Waals surface area contributed by atoms with Crippen LogP contribution in [0.15, 0.2) is 6.20 Å². The number of hydrogen-bond donors (Lipinski definition) is 1. The van der Waals surface area contributed by atoms with E-state index in [2.05, 4.69) is 29.1 Å². The normalized spacial score (nSPS) is 12.8. The Balaban J connectivity index is 2.74. The number of anilines is 1. The van der Waals surface area contributed by atoms with E-state index in [9.17, 15) is 0 Å². The van der Waals surface area contributed by atoms with Crippen molar-refractivity contribution in [2.75, 3.05) is 18.5 Å². The molecule has 0 aromatic carbocycles. The molecule has 96 valence electrons. The van der Waals surface area contributed by atoms with Crippen LogP contribution >= 0.6 is 0 Å². The molecule has 1 rings (SSSR count). The van der Waals surface area contributed by atoms with E-state index in [0.29, 0.717) is 12.5 Å². The predicted octanol–water partition coefficient (Wildman–Crippen LogP) is 2.57. The molecule has 0 spiro atoms. The number of aryl methyl sites for hydroxylation is 2. The predicted molar refractivity (Wildman–Crippen MR) is 70.2 cm³/mol. The molecule has 1 atom stereocenters. The summed E-state index contributed by atoms with van der Waals surface area (Å²) in [4.78, 5) is 8.78. The summed E-state index contributed by atoms with van der Waals surface area (Å²) in [5.74, 6) is 1.35. The summed E-state index contributed by atoms with van der Waals surface area (Å²) < 4.78 is 5.49. The van der Waals surface area contributed by atoms with Gasteiger partial charge in [-0.1, -0.05) is 13.8 Å². The molecule has 0 saturated heterocycles. The van der Waals surface area contributed by atoms with Gasteiger partial charge in [0.15, 0.2) is 0 Å². The molecule has 0 bridgehead atoms. The van der Waals surface area contributed by atoms with Crippen LogP contribution < -0.4 is 5.32 Å². The molecule has 17 heavy (non-hydrogen) atoms. The highest BCUT2D eigenvalue weighted by molar-refractivity contribution is 5.40. The standard InChI is InChI=1S/C13H23N3O/c1-6-17-8-12(9(2)3)16-13-11(5)14-7-10(4)15-13/h7,9,12H,6,8H2,1-5H3,(H,15,16). The SMILES string of the molecule is CCOCC(Nc1nc(C)cnc1C)C(C)C. The van der Waals surface area contributed by atoms with Gasteiger partial charge in [-0.2, -0.15) is 0 Å². The van der Waals surface area contributed by atoms with Gasteiger partial charge in [0, 0.05) is 12.8 Å². The summed E-state index contributed by atoms with van der Waals surface area (Å²) in [6.45, 7) is 11.7. The van der Waals surface area contributed by atoms with Gasteiger partial charge < -0.3 is 10.1 Å². The molecule has 1 unspecified atom stereocenters. The van der Waals surface area contributed by atoms with Crippen molar-refractivity contribution in [1.29, 1.82) is 0 Å². The van der Waals surface area contributed by atoms with Crippen LogP contribution in [0.5, 0.6) is 0 Å². The van der Waals surface area contributed by atoms with E-state index >= 15 is 0 Å². The lowest BCUT2D eigenvalue weighted by molar-refractivity contribution is 0.126. The van der Waals surface area contributed by atoms with Crippen LogP contribution in [0.2, 0.25) is 0 Å². The fourth-order valence-corrected chi connectivity index (χ4v) is 1.50. The molecular weight excluding hydrogens is 214 g/mol. The fraction of sp³-hybridized carbons (Fsp3) is 0.692. The summed E-state index contributed by atoms with van der Waals surface area (Å²) >= 11 is 0. The van der Waals surface area contributed by atoms with Gasteiger partial charge in [-0.15, -0.1) is 0 Å². The van der Waals surface area contributed by atoms with Crippen LogP contribution in [0.4, 0.5) is 5.82 Å². The van der Waals surface area contributed by atoms with E-state index in [0.717, 1.165) is 23.8 Å². The average molecular weight is 237 g/mol. The summed E-state index contributed by atoms with van der Waals surface area (Å²) in [6.07, 6.45) is 1.79. The van der Waals surface area contributed by atoms with Crippen molar-refractivity contribution in [1.82, 2.24) is 9.97 Å². The second-order valence-corrected chi connectivity index (χ2v) is 4.60. The molecule has 4 nitrogen and oxygen atoms in total. The topological polar surface area (TPSA) is 47.0 Å². The quantitative estimate of drug-likeness (QED) is 0.826. The summed E-state index contributed by atoms with van der Waals surface area (Å²) in [7, 11) is 0. The number of rotatable bonds is 6. The first-order chi connectivity index (χ1) is 8.04. The zero-order valence-corrected chi connectivity index (χ0v) is 11.4. The van der Waals surface area contributed by atoms with Gasteiger partial charge in [0.05, 0.1) is 24.0 Å². The monoisotopic (exact) mass is 237 g/mol. The molecular formula is C13H23N3O. The Kier molecular flexibility index (Phi) is 5.35. The second-order valence-electron chi connectivity index (χ2n) is 4.60. The van der Waals surface area contributed by atoms with E-state index in [1.807, 2.05) is 20.8 Å². The van der Waals surface area contributed by atoms with Crippen molar-refractivity contribution in [2.24, 2.45) is 5.92 Å². The van der Waals surface area contributed by atoms with Gasteiger partial charge in [-0.3, -0.25) is 4.98 Å². The van der Waals surface area contributed by atoms with Crippen LogP contribution in [0.3, 0.4) is 0 Å². The van der Waals surface area contributed by atoms with Crippen LogP contribution in [-0.4, -0.2) is 29.2 Å². The van der Waals surface area contributed by atoms with Gasteiger partial charge in [0.2, 0.25) is 0 Å². The highest BCUT2D eigenvalue weighted by Gasteiger charge is 2.15. The third-order valence-electron chi connectivity index (χ3n) is 2.70. The van der Waals surface area contributed by atoms with Crippen molar-refractivity contribution in [3.8, 4) is 0 Å². The van der Waals surface area contributed by atoms with E-state index in [-0.39, 0.29) is 6.04 Å². The molecule has 0 saturated carbocycles. The van der Waals surface area contributed by atoms with Gasteiger partial charge in [0.25, 0.3) is 0 Å². The van der Waals surface area contributed by atoms with Gasteiger partial charge in [-0.05, 0) is 26.7 Å². The summed E-state index contributed by atoms with van der Waals surface area (Å²) in [5.41, 5.74) is 1.86. The van der Waals surface area contributed by atoms with Gasteiger partial charge >= 0.3 is 0 Å². The summed E-state index contributed by atoms with van der Waals surface area (Å²) in [5, 5.41) is 3.42. The number of hydrogen-bond acceptors (Lipinski definition) is 4. The Labute approximate surface area is 104 Å². The minimum Gasteiger partial charge on any atom is -0.380 e. The maximum Gasteiger partial charge on any atom is 0.148 e. The van der Waals surface area contributed by atoms with Crippen LogP contribution in [-0.2, 0) is 4.74 Å². The van der Waals surface area contributed by atoms with E-state index in [1.54, 1.807) is 6.20 Å². The zero-order valence-electron chi connectivity index (χ0n) is 11.4. The molecule has 1 aromatic heterocycles. The van der Waals surface area contributed by atoms with Crippen LogP contribution in [0, 0.1) is 19.8 Å². The number of nitrogens with one attached hydrogen (secondary N) is 1. The van der Waals surface area contributed by atoms with Gasteiger partial charge in [-0.25, -0.2) is 4.98 Å². The maximum absolute atomic E-state index is 5.49. The Morgan fingerprint density at radius 1 is 1.35 bits per heavy atom. The molecule has 1 N–H and O–H groups in total. The van der Waals surface area contributed by atoms with Gasteiger partial charge in [0.1, 0.15) is 5.82 Å². The Morgan fingerprint density at radius 3 is 2.65 bits per heavy atom. The van der Waals surface area contributed by atoms with Crippen molar-refractivity contribution in [2.45, 2.75) is 40.7 Å². The van der Waals surface area contributed by atoms with E-state index in [4.69, 9.17) is 4.74 Å². The lowest BCUT2D eigenvalue weighted by atomic mass is 10.1. The first-order valence-electron chi connectivity index (χ1n) is 6.19. The second kappa shape index (κ2) is 6.55. The molecule has 0 aliphatic rings. The molecule has 0 amide bonds. The molecule has 4 heteroatoms. The lowest BCUT2D eigenvalue weighted by Crippen LogP contribution is -2.31. The molecule has 0 fully saturated rings. The Bertz CT molecular complexity index is 353. The Morgan fingerprint density at radius 2 is 2.06 bits per heavy atom. The Hall–Kier alpha value is -1.16. The number of nitrogens with zero attached hydrogens (tertiary/aromatic N) is 2. The zero-order chi connectivity index (χ0) is 12.8. The largest absolute Gasteiger partial charge is 0.380 e. The highest BCUT2D eigenvalue weighted by Crippen LogP contribution is 2.14. The average Bonchev–Trinajstić information content (AvgIpc) is 2.28. The minimum absolute atomic E-state index is 0.268. The third kappa shape index (κ3) is 4.30. The summed E-state index contributed by atoms with van der Waals surface area (Å²) in [6, 6.07) is 0.268. The highest BCUT2D eigenvalue weighted by atomic mass is 16.5. The maximum atomic E-state index is 5.49. The molecule has 1 aromatic rings. The smallest absolute Gasteiger partial charge is 0.148 e.